The van der Waals surface area contributed by atoms with Crippen molar-refractivity contribution in [3.05, 3.63) is 34.9 Å². The van der Waals surface area contributed by atoms with Gasteiger partial charge in [-0.15, -0.1) is 0 Å². The van der Waals surface area contributed by atoms with E-state index in [0.717, 1.165) is 50.4 Å². The monoisotopic (exact) mass is 289 g/mol. The Balaban J connectivity index is 1.89. The van der Waals surface area contributed by atoms with Crippen LogP contribution in [0.25, 0.3) is 0 Å². The number of aromatic nitrogens is 4. The van der Waals surface area contributed by atoms with Crippen LogP contribution in [0.4, 0.5) is 0 Å². The van der Waals surface area contributed by atoms with Crippen molar-refractivity contribution in [2.75, 3.05) is 0 Å². The lowest BCUT2D eigenvalue weighted by molar-refractivity contribution is 0.597. The van der Waals surface area contributed by atoms with Gasteiger partial charge in [0.2, 0.25) is 0 Å². The van der Waals surface area contributed by atoms with Crippen molar-refractivity contribution < 1.29 is 0 Å². The second-order valence-corrected chi connectivity index (χ2v) is 5.61. The van der Waals surface area contributed by atoms with Crippen molar-refractivity contribution in [2.45, 2.75) is 66.7 Å². The van der Waals surface area contributed by atoms with Gasteiger partial charge in [0.15, 0.2) is 0 Å². The van der Waals surface area contributed by atoms with Gasteiger partial charge in [0, 0.05) is 49.7 Å². The van der Waals surface area contributed by atoms with Crippen LogP contribution in [0, 0.1) is 13.8 Å². The summed E-state index contributed by atoms with van der Waals surface area (Å²) < 4.78 is 4.08. The van der Waals surface area contributed by atoms with Crippen LogP contribution in [0.1, 0.15) is 49.2 Å². The third-order valence-corrected chi connectivity index (χ3v) is 3.63. The summed E-state index contributed by atoms with van der Waals surface area (Å²) in [5.41, 5.74) is 4.80. The van der Waals surface area contributed by atoms with E-state index in [1.807, 2.05) is 9.36 Å². The van der Waals surface area contributed by atoms with Crippen LogP contribution in [-0.2, 0) is 26.2 Å². The molecule has 0 bridgehead atoms. The lowest BCUT2D eigenvalue weighted by Crippen LogP contribution is -2.13. The standard InChI is InChI=1S/C16H27N5/c1-5-7-20-11-15(13(3)18-20)9-17-10-16-12-21(8-6-2)19-14(16)4/h11-12,17H,5-10H2,1-4H3. The lowest BCUT2D eigenvalue weighted by Gasteiger charge is -2.02. The predicted octanol–water partition coefficient (Wildman–Crippen LogP) is 2.81. The van der Waals surface area contributed by atoms with Crippen LogP contribution in [0.3, 0.4) is 0 Å². The van der Waals surface area contributed by atoms with Gasteiger partial charge in [-0.1, -0.05) is 13.8 Å². The Morgan fingerprint density at radius 2 is 1.29 bits per heavy atom. The van der Waals surface area contributed by atoms with E-state index in [1.54, 1.807) is 0 Å². The predicted molar refractivity (Wildman–Crippen MR) is 85.1 cm³/mol. The van der Waals surface area contributed by atoms with Gasteiger partial charge in [-0.3, -0.25) is 9.36 Å². The molecule has 0 unspecified atom stereocenters. The molecule has 0 amide bonds. The van der Waals surface area contributed by atoms with Crippen molar-refractivity contribution >= 4 is 0 Å². The Bertz CT molecular complexity index is 517. The molecule has 2 aromatic heterocycles. The van der Waals surface area contributed by atoms with Crippen LogP contribution < -0.4 is 5.32 Å². The van der Waals surface area contributed by atoms with E-state index >= 15 is 0 Å². The highest BCUT2D eigenvalue weighted by Crippen LogP contribution is 2.09. The molecule has 2 aromatic rings. The van der Waals surface area contributed by atoms with Crippen molar-refractivity contribution in [1.82, 2.24) is 24.9 Å². The van der Waals surface area contributed by atoms with Crippen molar-refractivity contribution in [3.8, 4) is 0 Å². The molecule has 2 rings (SSSR count). The van der Waals surface area contributed by atoms with Crippen LogP contribution in [-0.4, -0.2) is 19.6 Å². The van der Waals surface area contributed by atoms with Crippen molar-refractivity contribution in [3.63, 3.8) is 0 Å². The van der Waals surface area contributed by atoms with Gasteiger partial charge in [0.25, 0.3) is 0 Å². The summed E-state index contributed by atoms with van der Waals surface area (Å²) in [5.74, 6) is 0. The minimum Gasteiger partial charge on any atom is -0.308 e. The SMILES string of the molecule is CCCn1cc(CNCc2cn(CCC)nc2C)c(C)n1. The summed E-state index contributed by atoms with van der Waals surface area (Å²) in [6, 6.07) is 0. The summed E-state index contributed by atoms with van der Waals surface area (Å²) in [7, 11) is 0. The minimum atomic E-state index is 0.855. The summed E-state index contributed by atoms with van der Waals surface area (Å²) >= 11 is 0. The van der Waals surface area contributed by atoms with E-state index in [1.165, 1.54) is 11.1 Å². The van der Waals surface area contributed by atoms with Gasteiger partial charge >= 0.3 is 0 Å². The average Bonchev–Trinajstić information content (AvgIpc) is 2.95. The van der Waals surface area contributed by atoms with Crippen LogP contribution in [0.15, 0.2) is 12.4 Å². The van der Waals surface area contributed by atoms with Gasteiger partial charge in [-0.2, -0.15) is 10.2 Å². The third-order valence-electron chi connectivity index (χ3n) is 3.63. The molecule has 0 saturated carbocycles. The van der Waals surface area contributed by atoms with E-state index in [4.69, 9.17) is 0 Å². The summed E-state index contributed by atoms with van der Waals surface area (Å²) in [4.78, 5) is 0. The molecular weight excluding hydrogens is 262 g/mol. The van der Waals surface area contributed by atoms with Gasteiger partial charge in [0.05, 0.1) is 11.4 Å². The van der Waals surface area contributed by atoms with Crippen LogP contribution in [0.5, 0.6) is 0 Å². The summed E-state index contributed by atoms with van der Waals surface area (Å²) in [5, 5.41) is 12.6. The molecule has 0 aromatic carbocycles. The number of nitrogens with zero attached hydrogens (tertiary/aromatic N) is 4. The van der Waals surface area contributed by atoms with Gasteiger partial charge in [0.1, 0.15) is 0 Å². The van der Waals surface area contributed by atoms with E-state index in [2.05, 4.69) is 55.6 Å². The van der Waals surface area contributed by atoms with Gasteiger partial charge in [-0.25, -0.2) is 0 Å². The highest BCUT2D eigenvalue weighted by molar-refractivity contribution is 5.17. The second kappa shape index (κ2) is 7.41. The largest absolute Gasteiger partial charge is 0.308 e. The minimum absolute atomic E-state index is 0.855. The number of aryl methyl sites for hydroxylation is 4. The first-order valence-corrected chi connectivity index (χ1v) is 7.90. The smallest absolute Gasteiger partial charge is 0.0638 e. The van der Waals surface area contributed by atoms with E-state index < -0.39 is 0 Å². The normalized spacial score (nSPS) is 11.2. The Morgan fingerprint density at radius 3 is 1.67 bits per heavy atom. The molecule has 2 heterocycles. The molecule has 5 heteroatoms. The van der Waals surface area contributed by atoms with Crippen LogP contribution >= 0.6 is 0 Å². The highest BCUT2D eigenvalue weighted by Gasteiger charge is 2.07. The Morgan fingerprint density at radius 1 is 0.857 bits per heavy atom. The Kier molecular flexibility index (Phi) is 5.56. The van der Waals surface area contributed by atoms with Crippen molar-refractivity contribution in [1.29, 1.82) is 0 Å². The molecule has 1 N–H and O–H groups in total. The highest BCUT2D eigenvalue weighted by atomic mass is 15.3. The number of hydrogen-bond acceptors (Lipinski definition) is 3. The molecular formula is C16H27N5. The van der Waals surface area contributed by atoms with Crippen LogP contribution in [0.2, 0.25) is 0 Å². The fourth-order valence-electron chi connectivity index (χ4n) is 2.48. The molecule has 0 spiro atoms. The van der Waals surface area contributed by atoms with E-state index in [0.29, 0.717) is 0 Å². The lowest BCUT2D eigenvalue weighted by atomic mass is 10.2. The Labute approximate surface area is 127 Å². The molecule has 0 aliphatic rings. The second-order valence-electron chi connectivity index (χ2n) is 5.61. The average molecular weight is 289 g/mol. The summed E-state index contributed by atoms with van der Waals surface area (Å²) in [6.45, 7) is 12.2. The molecule has 0 radical (unpaired) electrons. The number of rotatable bonds is 8. The molecule has 0 aliphatic carbocycles. The first kappa shape index (κ1) is 15.8. The zero-order valence-corrected chi connectivity index (χ0v) is 13.7. The maximum Gasteiger partial charge on any atom is 0.0638 e. The fourth-order valence-corrected chi connectivity index (χ4v) is 2.48. The van der Waals surface area contributed by atoms with Crippen molar-refractivity contribution in [2.24, 2.45) is 0 Å². The molecule has 21 heavy (non-hydrogen) atoms. The molecule has 0 saturated heterocycles. The number of nitrogens with one attached hydrogen (secondary N) is 1. The topological polar surface area (TPSA) is 47.7 Å². The van der Waals surface area contributed by atoms with Gasteiger partial charge < -0.3 is 5.32 Å². The quantitative estimate of drug-likeness (QED) is 0.813. The first-order chi connectivity index (χ1) is 10.1. The zero-order chi connectivity index (χ0) is 15.2. The zero-order valence-electron chi connectivity index (χ0n) is 13.7. The Hall–Kier alpha value is -1.62. The molecule has 5 nitrogen and oxygen atoms in total. The molecule has 0 fully saturated rings. The maximum atomic E-state index is 4.53. The maximum absolute atomic E-state index is 4.53. The number of hydrogen-bond donors (Lipinski definition) is 1. The third kappa shape index (κ3) is 4.17. The molecule has 116 valence electrons. The molecule has 0 aliphatic heterocycles. The fraction of sp³-hybridized carbons (Fsp3) is 0.625. The summed E-state index contributed by atoms with van der Waals surface area (Å²) in [6.07, 6.45) is 6.53. The first-order valence-electron chi connectivity index (χ1n) is 7.90. The van der Waals surface area contributed by atoms with E-state index in [-0.39, 0.29) is 0 Å². The van der Waals surface area contributed by atoms with Gasteiger partial charge in [-0.05, 0) is 26.7 Å². The van der Waals surface area contributed by atoms with E-state index in [9.17, 15) is 0 Å². The molecule has 0 atom stereocenters.